The summed E-state index contributed by atoms with van der Waals surface area (Å²) in [5.74, 6) is 6.32. The van der Waals surface area contributed by atoms with Crippen LogP contribution in [0.15, 0.2) is 0 Å². The van der Waals surface area contributed by atoms with Gasteiger partial charge in [0.15, 0.2) is 0 Å². The molecule has 3 heteroatoms. The smallest absolute Gasteiger partial charge is 0.146 e. The van der Waals surface area contributed by atoms with Gasteiger partial charge in [-0.05, 0) is 0 Å². The third kappa shape index (κ3) is 2.17. The first-order valence-electron chi connectivity index (χ1n) is 2.64. The molecule has 0 aromatic heterocycles. The quantitative estimate of drug-likeness (QED) is 0.361. The van der Waals surface area contributed by atoms with Crippen LogP contribution in [0.4, 0.5) is 0 Å². The Bertz CT molecular complexity index is 149. The van der Waals surface area contributed by atoms with E-state index in [0.717, 1.165) is 0 Å². The highest BCUT2D eigenvalue weighted by atomic mass is 79.9. The molecular formula is C6H6BrClO. The zero-order valence-electron chi connectivity index (χ0n) is 4.73. The molecule has 2 unspecified atom stereocenters. The maximum atomic E-state index is 5.47. The van der Waals surface area contributed by atoms with Crippen LogP contribution in [0.1, 0.15) is 0 Å². The molecule has 1 rings (SSSR count). The monoisotopic (exact) mass is 208 g/mol. The largest absolute Gasteiger partial charge is 0.354 e. The van der Waals surface area contributed by atoms with Gasteiger partial charge in [0.1, 0.15) is 12.2 Å². The summed E-state index contributed by atoms with van der Waals surface area (Å²) in [6.45, 7) is 0. The van der Waals surface area contributed by atoms with Gasteiger partial charge in [-0.3, -0.25) is 0 Å². The number of epoxide rings is 1. The fourth-order valence-electron chi connectivity index (χ4n) is 0.526. The van der Waals surface area contributed by atoms with Crippen LogP contribution in [0.5, 0.6) is 0 Å². The van der Waals surface area contributed by atoms with Crippen molar-refractivity contribution in [3.63, 3.8) is 0 Å². The second-order valence-electron chi connectivity index (χ2n) is 1.70. The van der Waals surface area contributed by atoms with E-state index in [1.54, 1.807) is 0 Å². The van der Waals surface area contributed by atoms with E-state index in [1.807, 2.05) is 0 Å². The SMILES string of the molecule is ClCC1OC1C#CCBr. The van der Waals surface area contributed by atoms with Crippen LogP contribution >= 0.6 is 27.5 Å². The Kier molecular flexibility index (Phi) is 2.84. The van der Waals surface area contributed by atoms with Crippen LogP contribution in [-0.2, 0) is 4.74 Å². The number of rotatable bonds is 1. The summed E-state index contributed by atoms with van der Waals surface area (Å²) in [7, 11) is 0. The van der Waals surface area contributed by atoms with E-state index in [9.17, 15) is 0 Å². The van der Waals surface area contributed by atoms with Crippen LogP contribution in [0, 0.1) is 11.8 Å². The van der Waals surface area contributed by atoms with Gasteiger partial charge in [-0.1, -0.05) is 27.8 Å². The molecule has 0 N–H and O–H groups in total. The van der Waals surface area contributed by atoms with Gasteiger partial charge in [0.25, 0.3) is 0 Å². The van der Waals surface area contributed by atoms with Crippen molar-refractivity contribution < 1.29 is 4.74 Å². The van der Waals surface area contributed by atoms with Crippen molar-refractivity contribution in [3.05, 3.63) is 0 Å². The van der Waals surface area contributed by atoms with Crippen molar-refractivity contribution in [3.8, 4) is 11.8 Å². The van der Waals surface area contributed by atoms with Crippen LogP contribution in [0.3, 0.4) is 0 Å². The van der Waals surface area contributed by atoms with Gasteiger partial charge < -0.3 is 4.74 Å². The van der Waals surface area contributed by atoms with Gasteiger partial charge in [0, 0.05) is 0 Å². The molecule has 2 atom stereocenters. The Morgan fingerprint density at radius 3 is 2.89 bits per heavy atom. The Labute approximate surface area is 67.8 Å². The summed E-state index contributed by atoms with van der Waals surface area (Å²) in [5, 5.41) is 0.710. The number of hydrogen-bond donors (Lipinski definition) is 0. The molecule has 50 valence electrons. The standard InChI is InChI=1S/C6H6BrClO/c7-3-1-2-5-6(4-8)9-5/h5-6H,3-4H2. The molecule has 1 heterocycles. The molecule has 9 heavy (non-hydrogen) atoms. The number of ether oxygens (including phenoxy) is 1. The second-order valence-corrected chi connectivity index (χ2v) is 2.57. The first-order valence-corrected chi connectivity index (χ1v) is 4.30. The molecule has 1 nitrogen and oxygen atoms in total. The first kappa shape index (κ1) is 7.40. The lowest BCUT2D eigenvalue weighted by molar-refractivity contribution is 0.405. The van der Waals surface area contributed by atoms with E-state index in [4.69, 9.17) is 16.3 Å². The average molecular weight is 209 g/mol. The van der Waals surface area contributed by atoms with Gasteiger partial charge in [-0.2, -0.15) is 0 Å². The molecule has 0 amide bonds. The van der Waals surface area contributed by atoms with Crippen molar-refractivity contribution in [2.24, 2.45) is 0 Å². The zero-order chi connectivity index (χ0) is 6.69. The van der Waals surface area contributed by atoms with E-state index in [2.05, 4.69) is 27.8 Å². The highest BCUT2D eigenvalue weighted by Crippen LogP contribution is 2.21. The molecule has 1 aliphatic rings. The van der Waals surface area contributed by atoms with E-state index in [-0.39, 0.29) is 12.2 Å². The maximum Gasteiger partial charge on any atom is 0.146 e. The topological polar surface area (TPSA) is 12.5 Å². The summed E-state index contributed by atoms with van der Waals surface area (Å²) in [5.41, 5.74) is 0. The summed E-state index contributed by atoms with van der Waals surface area (Å²) in [6, 6.07) is 0. The van der Waals surface area contributed by atoms with Gasteiger partial charge in [-0.15, -0.1) is 11.6 Å². The van der Waals surface area contributed by atoms with Crippen molar-refractivity contribution in [1.82, 2.24) is 0 Å². The Morgan fingerprint density at radius 1 is 1.67 bits per heavy atom. The third-order valence-electron chi connectivity index (χ3n) is 1.05. The van der Waals surface area contributed by atoms with Crippen LogP contribution in [-0.4, -0.2) is 23.4 Å². The summed E-state index contributed by atoms with van der Waals surface area (Å²) in [6.07, 6.45) is 0.304. The molecule has 0 spiro atoms. The lowest BCUT2D eigenvalue weighted by Crippen LogP contribution is -1.90. The third-order valence-corrected chi connectivity index (χ3v) is 1.63. The van der Waals surface area contributed by atoms with Crippen LogP contribution < -0.4 is 0 Å². The van der Waals surface area contributed by atoms with Crippen molar-refractivity contribution in [2.75, 3.05) is 11.2 Å². The van der Waals surface area contributed by atoms with Gasteiger partial charge >= 0.3 is 0 Å². The van der Waals surface area contributed by atoms with Gasteiger partial charge in [0.2, 0.25) is 0 Å². The Hall–Kier alpha value is 0.290. The highest BCUT2D eigenvalue weighted by Gasteiger charge is 2.36. The Morgan fingerprint density at radius 2 is 2.44 bits per heavy atom. The van der Waals surface area contributed by atoms with E-state index < -0.39 is 0 Å². The minimum atomic E-state index is 0.111. The van der Waals surface area contributed by atoms with Crippen molar-refractivity contribution in [2.45, 2.75) is 12.2 Å². The molecule has 1 fully saturated rings. The van der Waals surface area contributed by atoms with Crippen molar-refractivity contribution in [1.29, 1.82) is 0 Å². The molecule has 0 bridgehead atoms. The van der Waals surface area contributed by atoms with E-state index in [0.29, 0.717) is 11.2 Å². The molecule has 1 aliphatic heterocycles. The minimum absolute atomic E-state index is 0.111. The average Bonchev–Trinajstić information content (AvgIpc) is 2.62. The molecule has 0 radical (unpaired) electrons. The van der Waals surface area contributed by atoms with Gasteiger partial charge in [-0.25, -0.2) is 0 Å². The summed E-state index contributed by atoms with van der Waals surface area (Å²) in [4.78, 5) is 0. The number of hydrogen-bond acceptors (Lipinski definition) is 1. The van der Waals surface area contributed by atoms with Crippen LogP contribution in [0.2, 0.25) is 0 Å². The summed E-state index contributed by atoms with van der Waals surface area (Å²) >= 11 is 8.65. The van der Waals surface area contributed by atoms with E-state index in [1.165, 1.54) is 0 Å². The predicted octanol–water partition coefficient (Wildman–Crippen LogP) is 1.39. The number of halogens is 2. The molecule has 0 aromatic carbocycles. The molecule has 0 aliphatic carbocycles. The molecule has 1 saturated heterocycles. The summed E-state index contributed by atoms with van der Waals surface area (Å²) < 4.78 is 5.04. The van der Waals surface area contributed by atoms with E-state index >= 15 is 0 Å². The predicted molar refractivity (Wildman–Crippen MR) is 41.0 cm³/mol. The highest BCUT2D eigenvalue weighted by molar-refractivity contribution is 9.09. The molecule has 0 aromatic rings. The molecular weight excluding hydrogens is 203 g/mol. The zero-order valence-corrected chi connectivity index (χ0v) is 7.08. The lowest BCUT2D eigenvalue weighted by Gasteiger charge is -1.72. The fourth-order valence-corrected chi connectivity index (χ4v) is 0.923. The maximum absolute atomic E-state index is 5.47. The normalized spacial score (nSPS) is 30.9. The Balaban J connectivity index is 2.18. The first-order chi connectivity index (χ1) is 4.38. The van der Waals surface area contributed by atoms with Gasteiger partial charge in [0.05, 0.1) is 11.2 Å². The second kappa shape index (κ2) is 3.46. The van der Waals surface area contributed by atoms with Crippen LogP contribution in [0.25, 0.3) is 0 Å². The minimum Gasteiger partial charge on any atom is -0.354 e. The van der Waals surface area contributed by atoms with Crippen molar-refractivity contribution >= 4 is 27.5 Å². The molecule has 0 saturated carbocycles. The lowest BCUT2D eigenvalue weighted by atomic mass is 10.3. The number of alkyl halides is 2. The fraction of sp³-hybridized carbons (Fsp3) is 0.667.